The zero-order valence-corrected chi connectivity index (χ0v) is 15.9. The molecule has 0 saturated carbocycles. The van der Waals surface area contributed by atoms with Crippen LogP contribution in [-0.2, 0) is 11.2 Å². The van der Waals surface area contributed by atoms with E-state index in [2.05, 4.69) is 11.6 Å². The molecule has 1 aliphatic heterocycles. The lowest BCUT2D eigenvalue weighted by molar-refractivity contribution is -0.125. The normalized spacial score (nSPS) is 18.1. The number of carbonyl (C=O) groups is 2. The third-order valence-corrected chi connectivity index (χ3v) is 5.58. The van der Waals surface area contributed by atoms with Crippen molar-refractivity contribution in [3.63, 3.8) is 0 Å². The van der Waals surface area contributed by atoms with Gasteiger partial charge in [0.2, 0.25) is 5.91 Å². The first-order valence-corrected chi connectivity index (χ1v) is 9.49. The first-order chi connectivity index (χ1) is 13.0. The Kier molecular flexibility index (Phi) is 5.98. The van der Waals surface area contributed by atoms with E-state index in [1.807, 2.05) is 24.3 Å². The SMILES string of the molecule is C=CCN1C(=O)C(Cc2ccccc2Cl)SC1=Nc1ccc(C(=O)O)cc1. The molecule has 5 nitrogen and oxygen atoms in total. The molecule has 27 heavy (non-hydrogen) atoms. The number of carboxylic acids is 1. The number of nitrogens with zero attached hydrogens (tertiary/aromatic N) is 2. The molecule has 1 aliphatic rings. The smallest absolute Gasteiger partial charge is 0.335 e. The van der Waals surface area contributed by atoms with E-state index < -0.39 is 5.97 Å². The van der Waals surface area contributed by atoms with Crippen molar-refractivity contribution in [3.8, 4) is 0 Å². The summed E-state index contributed by atoms with van der Waals surface area (Å²) in [4.78, 5) is 29.9. The molecular weight excluding hydrogens is 384 g/mol. The van der Waals surface area contributed by atoms with Crippen LogP contribution < -0.4 is 0 Å². The van der Waals surface area contributed by atoms with Crippen LogP contribution in [0.4, 0.5) is 5.69 Å². The van der Waals surface area contributed by atoms with Crippen LogP contribution in [0.25, 0.3) is 0 Å². The quantitative estimate of drug-likeness (QED) is 0.729. The largest absolute Gasteiger partial charge is 0.478 e. The first-order valence-electron chi connectivity index (χ1n) is 8.24. The molecule has 0 aliphatic carbocycles. The summed E-state index contributed by atoms with van der Waals surface area (Å²) in [6, 6.07) is 13.7. The Morgan fingerprint density at radius 2 is 1.96 bits per heavy atom. The molecule has 1 fully saturated rings. The van der Waals surface area contributed by atoms with Crippen LogP contribution in [0.15, 0.2) is 66.2 Å². The van der Waals surface area contributed by atoms with Crippen molar-refractivity contribution in [1.29, 1.82) is 0 Å². The standard InChI is InChI=1S/C20H17ClN2O3S/c1-2-11-23-18(24)17(12-14-5-3-4-6-16(14)21)27-20(23)22-15-9-7-13(8-10-15)19(25)26/h2-10,17H,1,11-12H2,(H,25,26). The molecule has 1 atom stereocenters. The monoisotopic (exact) mass is 400 g/mol. The van der Waals surface area contributed by atoms with Crippen molar-refractivity contribution in [2.45, 2.75) is 11.7 Å². The van der Waals surface area contributed by atoms with E-state index in [1.54, 1.807) is 23.1 Å². The molecule has 0 bridgehead atoms. The van der Waals surface area contributed by atoms with Gasteiger partial charge < -0.3 is 5.11 Å². The van der Waals surface area contributed by atoms with Gasteiger partial charge in [-0.05, 0) is 42.3 Å². The van der Waals surface area contributed by atoms with Gasteiger partial charge in [0.1, 0.15) is 0 Å². The minimum absolute atomic E-state index is 0.0410. The third kappa shape index (κ3) is 4.40. The number of aromatic carboxylic acids is 1. The molecule has 3 rings (SSSR count). The highest BCUT2D eigenvalue weighted by Crippen LogP contribution is 2.33. The van der Waals surface area contributed by atoms with Gasteiger partial charge in [0.15, 0.2) is 5.17 Å². The number of halogens is 1. The summed E-state index contributed by atoms with van der Waals surface area (Å²) >= 11 is 7.61. The second-order valence-corrected chi connectivity index (χ2v) is 7.46. The second-order valence-electron chi connectivity index (χ2n) is 5.89. The molecule has 7 heteroatoms. The number of carboxylic acid groups (broad SMARTS) is 1. The van der Waals surface area contributed by atoms with Crippen LogP contribution in [0.3, 0.4) is 0 Å². The molecule has 0 radical (unpaired) electrons. The van der Waals surface area contributed by atoms with E-state index in [9.17, 15) is 9.59 Å². The maximum absolute atomic E-state index is 12.8. The molecule has 2 aromatic rings. The molecule has 0 aromatic heterocycles. The van der Waals surface area contributed by atoms with E-state index in [0.717, 1.165) is 5.56 Å². The lowest BCUT2D eigenvalue weighted by Gasteiger charge is -2.14. The Labute approximate surface area is 166 Å². The average Bonchev–Trinajstić information content (AvgIpc) is 2.93. The van der Waals surface area contributed by atoms with Crippen LogP contribution in [0, 0.1) is 0 Å². The topological polar surface area (TPSA) is 70.0 Å². The molecule has 1 amide bonds. The molecule has 138 valence electrons. The molecule has 1 N–H and O–H groups in total. The number of hydrogen-bond donors (Lipinski definition) is 1. The highest BCUT2D eigenvalue weighted by Gasteiger charge is 2.37. The molecule has 1 heterocycles. The molecule has 1 saturated heterocycles. The van der Waals surface area contributed by atoms with Crippen molar-refractivity contribution < 1.29 is 14.7 Å². The highest BCUT2D eigenvalue weighted by molar-refractivity contribution is 8.15. The molecule has 2 aromatic carbocycles. The Bertz CT molecular complexity index is 912. The van der Waals surface area contributed by atoms with Gasteiger partial charge in [-0.15, -0.1) is 6.58 Å². The van der Waals surface area contributed by atoms with E-state index in [-0.39, 0.29) is 16.7 Å². The van der Waals surface area contributed by atoms with Crippen LogP contribution in [0.5, 0.6) is 0 Å². The third-order valence-electron chi connectivity index (χ3n) is 4.03. The minimum Gasteiger partial charge on any atom is -0.478 e. The number of benzene rings is 2. The number of carbonyl (C=O) groups excluding carboxylic acids is 1. The lowest BCUT2D eigenvalue weighted by atomic mass is 10.1. The van der Waals surface area contributed by atoms with Gasteiger partial charge >= 0.3 is 5.97 Å². The lowest BCUT2D eigenvalue weighted by Crippen LogP contribution is -2.32. The van der Waals surface area contributed by atoms with Gasteiger partial charge in [-0.1, -0.05) is 47.6 Å². The summed E-state index contributed by atoms with van der Waals surface area (Å²) in [7, 11) is 0. The highest BCUT2D eigenvalue weighted by atomic mass is 35.5. The van der Waals surface area contributed by atoms with Crippen molar-refractivity contribution in [2.75, 3.05) is 6.54 Å². The Morgan fingerprint density at radius 1 is 1.26 bits per heavy atom. The van der Waals surface area contributed by atoms with E-state index >= 15 is 0 Å². The summed E-state index contributed by atoms with van der Waals surface area (Å²) < 4.78 is 0. The number of amidine groups is 1. The molecular formula is C20H17ClN2O3S. The summed E-state index contributed by atoms with van der Waals surface area (Å²) in [5, 5.41) is 9.88. The van der Waals surface area contributed by atoms with Crippen molar-refractivity contribution >= 4 is 46.1 Å². The number of hydrogen-bond acceptors (Lipinski definition) is 4. The predicted molar refractivity (Wildman–Crippen MR) is 109 cm³/mol. The van der Waals surface area contributed by atoms with Crippen LogP contribution in [-0.4, -0.2) is 38.8 Å². The predicted octanol–water partition coefficient (Wildman–Crippen LogP) is 4.40. The van der Waals surface area contributed by atoms with Gasteiger partial charge in [-0.25, -0.2) is 9.79 Å². The number of amides is 1. The Hall–Kier alpha value is -2.57. The van der Waals surface area contributed by atoms with E-state index in [1.165, 1.54) is 23.9 Å². The summed E-state index contributed by atoms with van der Waals surface area (Å²) in [6.45, 7) is 4.07. The van der Waals surface area contributed by atoms with Gasteiger partial charge in [-0.3, -0.25) is 9.69 Å². The zero-order valence-electron chi connectivity index (χ0n) is 14.3. The Morgan fingerprint density at radius 3 is 2.59 bits per heavy atom. The fourth-order valence-corrected chi connectivity index (χ4v) is 4.08. The van der Waals surface area contributed by atoms with Gasteiger partial charge in [-0.2, -0.15) is 0 Å². The minimum atomic E-state index is -0.993. The van der Waals surface area contributed by atoms with Crippen molar-refractivity contribution in [3.05, 3.63) is 77.3 Å². The molecule has 1 unspecified atom stereocenters. The first kappa shape index (κ1) is 19.2. The fourth-order valence-electron chi connectivity index (χ4n) is 2.67. The fraction of sp³-hybridized carbons (Fsp3) is 0.150. The van der Waals surface area contributed by atoms with Crippen LogP contribution >= 0.6 is 23.4 Å². The van der Waals surface area contributed by atoms with Crippen LogP contribution in [0.1, 0.15) is 15.9 Å². The maximum atomic E-state index is 12.8. The number of thioether (sulfide) groups is 1. The van der Waals surface area contributed by atoms with Crippen molar-refractivity contribution in [1.82, 2.24) is 4.90 Å². The summed E-state index contributed by atoms with van der Waals surface area (Å²) in [6.07, 6.45) is 2.16. The van der Waals surface area contributed by atoms with Crippen LogP contribution in [0.2, 0.25) is 5.02 Å². The van der Waals surface area contributed by atoms with Gasteiger partial charge in [0.25, 0.3) is 0 Å². The summed E-state index contributed by atoms with van der Waals surface area (Å²) in [5.74, 6) is -1.03. The van der Waals surface area contributed by atoms with E-state index in [0.29, 0.717) is 28.8 Å². The van der Waals surface area contributed by atoms with E-state index in [4.69, 9.17) is 16.7 Å². The average molecular weight is 401 g/mol. The maximum Gasteiger partial charge on any atom is 0.335 e. The van der Waals surface area contributed by atoms with Gasteiger partial charge in [0, 0.05) is 11.6 Å². The summed E-state index contributed by atoms with van der Waals surface area (Å²) in [5.41, 5.74) is 1.69. The van der Waals surface area contributed by atoms with Crippen molar-refractivity contribution in [2.24, 2.45) is 4.99 Å². The molecule has 0 spiro atoms. The Balaban J connectivity index is 1.85. The number of rotatable bonds is 6. The number of aliphatic imine (C=N–C) groups is 1. The second kappa shape index (κ2) is 8.41. The van der Waals surface area contributed by atoms with Gasteiger partial charge in [0.05, 0.1) is 16.5 Å². The zero-order chi connectivity index (χ0) is 19.4.